The Hall–Kier alpha value is -1.89. The van der Waals surface area contributed by atoms with E-state index in [0.29, 0.717) is 5.88 Å². The van der Waals surface area contributed by atoms with Gasteiger partial charge in [-0.2, -0.15) is 0 Å². The lowest BCUT2D eigenvalue weighted by Gasteiger charge is -2.08. The summed E-state index contributed by atoms with van der Waals surface area (Å²) in [7, 11) is 3.15. The lowest BCUT2D eigenvalue weighted by Crippen LogP contribution is -2.02. The second-order valence-electron chi connectivity index (χ2n) is 3.92. The number of nitrogens with zero attached hydrogens (tertiary/aromatic N) is 2. The summed E-state index contributed by atoms with van der Waals surface area (Å²) in [5.41, 5.74) is 7.58. The van der Waals surface area contributed by atoms with Gasteiger partial charge >= 0.3 is 0 Å². The first-order chi connectivity index (χ1) is 9.06. The van der Waals surface area contributed by atoms with E-state index >= 15 is 0 Å². The van der Waals surface area contributed by atoms with Crippen LogP contribution < -0.4 is 15.2 Å². The molecule has 102 valence electrons. The van der Waals surface area contributed by atoms with Gasteiger partial charge in [-0.15, -0.1) is 0 Å². The van der Waals surface area contributed by atoms with Crippen LogP contribution in [0.25, 0.3) is 0 Å². The molecule has 0 radical (unpaired) electrons. The van der Waals surface area contributed by atoms with Crippen molar-refractivity contribution in [3.05, 3.63) is 17.5 Å². The smallest absolute Gasteiger partial charge is 0.257 e. The summed E-state index contributed by atoms with van der Waals surface area (Å²) in [6, 6.07) is 0. The predicted octanol–water partition coefficient (Wildman–Crippen LogP) is 2.17. The van der Waals surface area contributed by atoms with Crippen molar-refractivity contribution < 1.29 is 9.47 Å². The van der Waals surface area contributed by atoms with E-state index in [4.69, 9.17) is 15.2 Å². The number of methoxy groups -OCH3 is 2. The van der Waals surface area contributed by atoms with Crippen LogP contribution in [0, 0.1) is 13.8 Å². The SMILES string of the molecule is COc1nc(C)c(Sc2c[nH]c(OC)c2C)nc1N. The average Bonchev–Trinajstić information content (AvgIpc) is 2.74. The number of anilines is 1. The third-order valence-corrected chi connectivity index (χ3v) is 3.89. The van der Waals surface area contributed by atoms with E-state index < -0.39 is 0 Å². The van der Waals surface area contributed by atoms with Gasteiger partial charge in [0, 0.05) is 16.7 Å². The van der Waals surface area contributed by atoms with Gasteiger partial charge in [0.05, 0.1) is 19.9 Å². The number of hydrogen-bond acceptors (Lipinski definition) is 6. The molecule has 2 rings (SSSR count). The second-order valence-corrected chi connectivity index (χ2v) is 4.95. The fraction of sp³-hybridized carbons (Fsp3) is 0.333. The van der Waals surface area contributed by atoms with Crippen LogP contribution in [0.1, 0.15) is 11.3 Å². The van der Waals surface area contributed by atoms with Crippen molar-refractivity contribution in [2.24, 2.45) is 0 Å². The first-order valence-corrected chi connectivity index (χ1v) is 6.46. The number of nitrogens with two attached hydrogens (primary N) is 1. The minimum Gasteiger partial charge on any atom is -0.482 e. The standard InChI is InChI=1S/C12H16N4O2S/c1-6-8(5-14-10(6)17-3)19-12-7(2)15-11(18-4)9(13)16-12/h5,14H,1-4H3,(H2,13,16). The van der Waals surface area contributed by atoms with E-state index in [1.807, 2.05) is 20.0 Å². The summed E-state index contributed by atoms with van der Waals surface area (Å²) in [4.78, 5) is 12.7. The molecular formula is C12H16N4O2S. The van der Waals surface area contributed by atoms with Gasteiger partial charge in [0.15, 0.2) is 11.7 Å². The van der Waals surface area contributed by atoms with Gasteiger partial charge in [0.1, 0.15) is 5.03 Å². The zero-order valence-corrected chi connectivity index (χ0v) is 12.1. The molecule has 6 nitrogen and oxygen atoms in total. The van der Waals surface area contributed by atoms with Crippen LogP contribution in [0.4, 0.5) is 5.82 Å². The van der Waals surface area contributed by atoms with Crippen LogP contribution in [-0.4, -0.2) is 29.2 Å². The molecule has 0 aliphatic rings. The number of hydrogen-bond donors (Lipinski definition) is 2. The van der Waals surface area contributed by atoms with Crippen LogP contribution >= 0.6 is 11.8 Å². The Kier molecular flexibility index (Phi) is 3.84. The number of ether oxygens (including phenoxy) is 2. The molecule has 0 bridgehead atoms. The number of aryl methyl sites for hydroxylation is 1. The molecule has 0 saturated heterocycles. The van der Waals surface area contributed by atoms with Crippen LogP contribution in [0.2, 0.25) is 0 Å². The Labute approximate surface area is 115 Å². The molecule has 2 aromatic rings. The summed E-state index contributed by atoms with van der Waals surface area (Å²) in [5, 5.41) is 0.753. The maximum atomic E-state index is 5.78. The molecule has 2 aromatic heterocycles. The van der Waals surface area contributed by atoms with Crippen molar-refractivity contribution in [3.8, 4) is 11.8 Å². The minimum absolute atomic E-state index is 0.288. The number of nitrogens with one attached hydrogen (secondary N) is 1. The van der Waals surface area contributed by atoms with Crippen LogP contribution in [-0.2, 0) is 0 Å². The Morgan fingerprint density at radius 2 is 1.95 bits per heavy atom. The van der Waals surface area contributed by atoms with Crippen molar-refractivity contribution in [2.45, 2.75) is 23.8 Å². The molecule has 3 N–H and O–H groups in total. The molecule has 0 atom stereocenters. The van der Waals surface area contributed by atoms with E-state index in [2.05, 4.69) is 15.0 Å². The highest BCUT2D eigenvalue weighted by atomic mass is 32.2. The summed E-state index contributed by atoms with van der Waals surface area (Å²) in [6.07, 6.45) is 1.88. The summed E-state index contributed by atoms with van der Waals surface area (Å²) in [5.74, 6) is 1.38. The van der Waals surface area contributed by atoms with Crippen LogP contribution in [0.15, 0.2) is 16.1 Å². The van der Waals surface area contributed by atoms with Gasteiger partial charge < -0.3 is 20.2 Å². The van der Waals surface area contributed by atoms with Crippen LogP contribution in [0.5, 0.6) is 11.8 Å². The number of H-pyrrole nitrogens is 1. The molecular weight excluding hydrogens is 264 g/mol. The third-order valence-electron chi connectivity index (χ3n) is 2.67. The third kappa shape index (κ3) is 2.60. The summed E-state index contributed by atoms with van der Waals surface area (Å²) < 4.78 is 10.2. The summed E-state index contributed by atoms with van der Waals surface area (Å²) in [6.45, 7) is 3.85. The van der Waals surface area contributed by atoms with Gasteiger partial charge in [0.25, 0.3) is 5.88 Å². The van der Waals surface area contributed by atoms with Crippen molar-refractivity contribution in [3.63, 3.8) is 0 Å². The molecule has 7 heteroatoms. The van der Waals surface area contributed by atoms with Gasteiger partial charge in [-0.3, -0.25) is 0 Å². The Bertz CT molecular complexity index is 598. The van der Waals surface area contributed by atoms with Gasteiger partial charge in [-0.1, -0.05) is 11.8 Å². The molecule has 0 spiro atoms. The van der Waals surface area contributed by atoms with Crippen molar-refractivity contribution >= 4 is 17.6 Å². The molecule has 0 amide bonds. The molecule has 0 saturated carbocycles. The number of aromatic nitrogens is 3. The second kappa shape index (κ2) is 5.40. The average molecular weight is 280 g/mol. The maximum absolute atomic E-state index is 5.78. The molecule has 0 aliphatic heterocycles. The van der Waals surface area contributed by atoms with E-state index in [0.717, 1.165) is 27.1 Å². The quantitative estimate of drug-likeness (QED) is 0.892. The first-order valence-electron chi connectivity index (χ1n) is 5.64. The van der Waals surface area contributed by atoms with Gasteiger partial charge in [-0.05, 0) is 13.8 Å². The molecule has 0 fully saturated rings. The molecule has 0 aliphatic carbocycles. The largest absolute Gasteiger partial charge is 0.482 e. The topological polar surface area (TPSA) is 86.0 Å². The summed E-state index contributed by atoms with van der Waals surface area (Å²) >= 11 is 1.49. The Morgan fingerprint density at radius 1 is 1.21 bits per heavy atom. The molecule has 0 aromatic carbocycles. The highest BCUT2D eigenvalue weighted by molar-refractivity contribution is 7.99. The van der Waals surface area contributed by atoms with Crippen LogP contribution in [0.3, 0.4) is 0 Å². The van der Waals surface area contributed by atoms with Gasteiger partial charge in [0.2, 0.25) is 0 Å². The van der Waals surface area contributed by atoms with E-state index in [-0.39, 0.29) is 5.82 Å². The first kappa shape index (κ1) is 13.5. The minimum atomic E-state index is 0.288. The normalized spacial score (nSPS) is 10.5. The number of nitrogen functional groups attached to an aromatic ring is 1. The lowest BCUT2D eigenvalue weighted by molar-refractivity contribution is 0.396. The van der Waals surface area contributed by atoms with Crippen molar-refractivity contribution in [1.29, 1.82) is 0 Å². The van der Waals surface area contributed by atoms with Gasteiger partial charge in [-0.25, -0.2) is 9.97 Å². The lowest BCUT2D eigenvalue weighted by atomic mass is 10.4. The van der Waals surface area contributed by atoms with E-state index in [9.17, 15) is 0 Å². The maximum Gasteiger partial charge on any atom is 0.257 e. The number of aromatic amines is 1. The van der Waals surface area contributed by atoms with E-state index in [1.165, 1.54) is 18.9 Å². The fourth-order valence-electron chi connectivity index (χ4n) is 1.62. The number of rotatable bonds is 4. The highest BCUT2D eigenvalue weighted by Gasteiger charge is 2.14. The Balaban J connectivity index is 2.33. The zero-order chi connectivity index (χ0) is 14.0. The fourth-order valence-corrected chi connectivity index (χ4v) is 2.53. The van der Waals surface area contributed by atoms with Crippen molar-refractivity contribution in [2.75, 3.05) is 20.0 Å². The highest BCUT2D eigenvalue weighted by Crippen LogP contribution is 2.35. The monoisotopic (exact) mass is 280 g/mol. The molecule has 2 heterocycles. The van der Waals surface area contributed by atoms with Crippen molar-refractivity contribution in [1.82, 2.24) is 15.0 Å². The van der Waals surface area contributed by atoms with E-state index in [1.54, 1.807) is 7.11 Å². The molecule has 19 heavy (non-hydrogen) atoms. The Morgan fingerprint density at radius 3 is 2.53 bits per heavy atom. The molecule has 0 unspecified atom stereocenters. The predicted molar refractivity (Wildman–Crippen MR) is 73.9 cm³/mol. The zero-order valence-electron chi connectivity index (χ0n) is 11.3.